The molecule has 4 N–H and O–H groups in total. The molecule has 0 fully saturated rings. The Labute approximate surface area is 112 Å². The van der Waals surface area contributed by atoms with Gasteiger partial charge in [0.25, 0.3) is 0 Å². The minimum atomic E-state index is -0.875. The molecule has 2 rings (SSSR count). The summed E-state index contributed by atoms with van der Waals surface area (Å²) in [5.74, 6) is 0. The van der Waals surface area contributed by atoms with E-state index in [9.17, 15) is 0 Å². The van der Waals surface area contributed by atoms with Crippen LogP contribution >= 0.6 is 0 Å². The first-order valence-corrected chi connectivity index (χ1v) is 4.62. The number of hydrogen-bond donors (Lipinski definition) is 4. The average Bonchev–Trinajstić information content (AvgIpc) is 2.28. The number of aliphatic hydroxyl groups is 2. The molecule has 0 aromatic heterocycles. The predicted octanol–water partition coefficient (Wildman–Crippen LogP) is 0.157. The van der Waals surface area contributed by atoms with Gasteiger partial charge in [-0.15, -0.1) is 0 Å². The van der Waals surface area contributed by atoms with E-state index < -0.39 is 12.5 Å². The van der Waals surface area contributed by atoms with E-state index >= 15 is 0 Å². The number of rotatable bonds is 0. The fourth-order valence-electron chi connectivity index (χ4n) is 0.956. The monoisotopic (exact) mass is 290 g/mol. The standard InChI is InChI=1S/2C5H7NO2.Zn/c2*7-5-3-1-2-4-6(5)8;/h2*1-5,7-8H;. The quantitative estimate of drug-likeness (QED) is 0.476. The Hall–Kier alpha value is -0.977. The van der Waals surface area contributed by atoms with Gasteiger partial charge in [0, 0.05) is 31.9 Å². The van der Waals surface area contributed by atoms with Gasteiger partial charge >= 0.3 is 0 Å². The van der Waals surface area contributed by atoms with Gasteiger partial charge in [-0.2, -0.15) is 0 Å². The van der Waals surface area contributed by atoms with Crippen LogP contribution in [0.2, 0.25) is 0 Å². The molecule has 2 unspecified atom stereocenters. The molecule has 17 heavy (non-hydrogen) atoms. The van der Waals surface area contributed by atoms with Crippen molar-refractivity contribution in [1.82, 2.24) is 10.1 Å². The van der Waals surface area contributed by atoms with Gasteiger partial charge in [-0.1, -0.05) is 12.2 Å². The Morgan fingerprint density at radius 3 is 1.24 bits per heavy atom. The second-order valence-electron chi connectivity index (χ2n) is 3.04. The van der Waals surface area contributed by atoms with E-state index in [1.165, 1.54) is 24.6 Å². The van der Waals surface area contributed by atoms with Gasteiger partial charge < -0.3 is 10.2 Å². The fraction of sp³-hybridized carbons (Fsp3) is 0.200. The van der Waals surface area contributed by atoms with E-state index in [1.807, 2.05) is 0 Å². The summed E-state index contributed by atoms with van der Waals surface area (Å²) in [6.07, 6.45) is 10.5. The third-order valence-corrected chi connectivity index (χ3v) is 1.81. The maximum atomic E-state index is 8.72. The third-order valence-electron chi connectivity index (χ3n) is 1.81. The van der Waals surface area contributed by atoms with Crippen molar-refractivity contribution in [2.75, 3.05) is 0 Å². The van der Waals surface area contributed by atoms with Crippen molar-refractivity contribution in [1.29, 1.82) is 0 Å². The molecule has 0 spiro atoms. The van der Waals surface area contributed by atoms with Crippen LogP contribution < -0.4 is 0 Å². The van der Waals surface area contributed by atoms with Gasteiger partial charge in [0.15, 0.2) is 12.5 Å². The largest absolute Gasteiger partial charge is 0.368 e. The molecular weight excluding hydrogens is 278 g/mol. The molecule has 0 aliphatic carbocycles. The van der Waals surface area contributed by atoms with E-state index in [1.54, 1.807) is 24.3 Å². The van der Waals surface area contributed by atoms with E-state index in [0.717, 1.165) is 10.1 Å². The number of aliphatic hydroxyl groups excluding tert-OH is 2. The predicted molar refractivity (Wildman–Crippen MR) is 55.8 cm³/mol. The third kappa shape index (κ3) is 5.77. The van der Waals surface area contributed by atoms with Gasteiger partial charge in [0.1, 0.15) is 0 Å². The van der Waals surface area contributed by atoms with Crippen molar-refractivity contribution in [2.45, 2.75) is 12.5 Å². The van der Waals surface area contributed by atoms with Crippen molar-refractivity contribution >= 4 is 0 Å². The summed E-state index contributed by atoms with van der Waals surface area (Å²) in [4.78, 5) is 0. The van der Waals surface area contributed by atoms with Crippen LogP contribution in [0.25, 0.3) is 0 Å². The first-order chi connectivity index (χ1) is 7.61. The molecule has 7 heteroatoms. The van der Waals surface area contributed by atoms with Crippen LogP contribution in [0.1, 0.15) is 0 Å². The second kappa shape index (κ2) is 8.16. The average molecular weight is 292 g/mol. The molecule has 0 amide bonds. The van der Waals surface area contributed by atoms with Crippen molar-refractivity contribution < 1.29 is 40.1 Å². The summed E-state index contributed by atoms with van der Waals surface area (Å²) in [6.45, 7) is 0. The molecule has 0 bridgehead atoms. The molecule has 0 saturated carbocycles. The van der Waals surface area contributed by atoms with Crippen molar-refractivity contribution in [3.8, 4) is 0 Å². The van der Waals surface area contributed by atoms with E-state index in [-0.39, 0.29) is 19.5 Å². The molecule has 2 atom stereocenters. The first kappa shape index (κ1) is 16.0. The van der Waals surface area contributed by atoms with Gasteiger partial charge in [-0.3, -0.25) is 10.4 Å². The summed E-state index contributed by atoms with van der Waals surface area (Å²) >= 11 is 0. The zero-order valence-corrected chi connectivity index (χ0v) is 12.1. The van der Waals surface area contributed by atoms with E-state index in [4.69, 9.17) is 20.6 Å². The SMILES string of the molecule is OC1C=CC=CN1O.OC1C=CC=CN1O.[Zn]. The Morgan fingerprint density at radius 2 is 1.06 bits per heavy atom. The molecule has 90 valence electrons. The van der Waals surface area contributed by atoms with Crippen LogP contribution in [0.15, 0.2) is 48.9 Å². The Bertz CT molecular complexity index is 266. The Kier molecular flexibility index (Phi) is 7.69. The van der Waals surface area contributed by atoms with Crippen LogP contribution in [0.3, 0.4) is 0 Å². The van der Waals surface area contributed by atoms with Crippen molar-refractivity contribution in [3.63, 3.8) is 0 Å². The molecule has 0 saturated heterocycles. The minimum Gasteiger partial charge on any atom is -0.368 e. The smallest absolute Gasteiger partial charge is 0.169 e. The van der Waals surface area contributed by atoms with Crippen LogP contribution in [0.5, 0.6) is 0 Å². The molecule has 2 aliphatic heterocycles. The van der Waals surface area contributed by atoms with Crippen LogP contribution in [-0.4, -0.2) is 43.2 Å². The van der Waals surface area contributed by atoms with Crippen molar-refractivity contribution in [3.05, 3.63) is 48.9 Å². The molecule has 0 aromatic rings. The molecular formula is C10H14N2O4Zn. The van der Waals surface area contributed by atoms with Crippen LogP contribution in [0.4, 0.5) is 0 Å². The first-order valence-electron chi connectivity index (χ1n) is 4.62. The minimum absolute atomic E-state index is 0. The van der Waals surface area contributed by atoms with E-state index in [0.29, 0.717) is 0 Å². The Balaban J connectivity index is 0.000000284. The van der Waals surface area contributed by atoms with Gasteiger partial charge in [0.2, 0.25) is 0 Å². The van der Waals surface area contributed by atoms with Crippen LogP contribution in [0, 0.1) is 0 Å². The second-order valence-corrected chi connectivity index (χ2v) is 3.04. The Morgan fingerprint density at radius 1 is 0.706 bits per heavy atom. The summed E-state index contributed by atoms with van der Waals surface area (Å²) in [5.41, 5.74) is 0. The van der Waals surface area contributed by atoms with Crippen molar-refractivity contribution in [2.24, 2.45) is 0 Å². The summed E-state index contributed by atoms with van der Waals surface area (Å²) in [6, 6.07) is 0. The van der Waals surface area contributed by atoms with Gasteiger partial charge in [0.05, 0.1) is 0 Å². The normalized spacial score (nSPS) is 25.2. The molecule has 2 aliphatic rings. The van der Waals surface area contributed by atoms with Crippen LogP contribution in [-0.2, 0) is 19.5 Å². The number of hydrogen-bond acceptors (Lipinski definition) is 6. The number of allylic oxidation sites excluding steroid dienone is 4. The summed E-state index contributed by atoms with van der Waals surface area (Å²) in [5, 5.41) is 36.1. The number of hydroxylamine groups is 4. The fourth-order valence-corrected chi connectivity index (χ4v) is 0.956. The summed E-state index contributed by atoms with van der Waals surface area (Å²) < 4.78 is 0. The zero-order chi connectivity index (χ0) is 12.0. The molecule has 0 aromatic carbocycles. The zero-order valence-electron chi connectivity index (χ0n) is 9.16. The molecule has 0 radical (unpaired) electrons. The van der Waals surface area contributed by atoms with E-state index in [2.05, 4.69) is 0 Å². The topological polar surface area (TPSA) is 87.4 Å². The molecule has 6 nitrogen and oxygen atoms in total. The summed E-state index contributed by atoms with van der Waals surface area (Å²) in [7, 11) is 0. The maximum Gasteiger partial charge on any atom is 0.169 e. The maximum absolute atomic E-state index is 8.72. The van der Waals surface area contributed by atoms with Gasteiger partial charge in [-0.25, -0.2) is 10.1 Å². The molecule has 2 heterocycles. The van der Waals surface area contributed by atoms with Gasteiger partial charge in [-0.05, 0) is 24.3 Å². The number of nitrogens with zero attached hydrogens (tertiary/aromatic N) is 2.